The fourth-order valence-electron chi connectivity index (χ4n) is 2.22. The van der Waals surface area contributed by atoms with E-state index in [1.165, 1.54) is 12.8 Å². The standard InChI is InChI=1S/C21H19N3O2/c1-16-7-3-5-9-20(16)25-14-23-18-11-19(13-22-12-18)24-15-26-21-10-6-4-8-17(21)2/h3-15H,1-2H3/b23-14+,24-15+. The van der Waals surface area contributed by atoms with Crippen LogP contribution in [-0.2, 0) is 0 Å². The minimum absolute atomic E-state index is 0.643. The van der Waals surface area contributed by atoms with Crippen molar-refractivity contribution in [3.63, 3.8) is 0 Å². The molecule has 0 aliphatic heterocycles. The molecule has 0 radical (unpaired) electrons. The van der Waals surface area contributed by atoms with E-state index in [2.05, 4.69) is 15.0 Å². The molecule has 130 valence electrons. The molecule has 0 fully saturated rings. The summed E-state index contributed by atoms with van der Waals surface area (Å²) >= 11 is 0. The molecule has 0 saturated carbocycles. The minimum Gasteiger partial charge on any atom is -0.445 e. The number of benzene rings is 2. The Balaban J connectivity index is 1.63. The first-order valence-electron chi connectivity index (χ1n) is 8.17. The van der Waals surface area contributed by atoms with E-state index in [9.17, 15) is 0 Å². The van der Waals surface area contributed by atoms with Crippen LogP contribution in [0.1, 0.15) is 11.1 Å². The highest BCUT2D eigenvalue weighted by atomic mass is 16.5. The lowest BCUT2D eigenvalue weighted by atomic mass is 10.2. The molecule has 0 saturated heterocycles. The Labute approximate surface area is 152 Å². The zero-order chi connectivity index (χ0) is 18.2. The Morgan fingerprint density at radius 1 is 0.731 bits per heavy atom. The number of hydrogen-bond donors (Lipinski definition) is 0. The molecular weight excluding hydrogens is 326 g/mol. The fourth-order valence-corrected chi connectivity index (χ4v) is 2.22. The van der Waals surface area contributed by atoms with Crippen LogP contribution in [-0.4, -0.2) is 17.8 Å². The molecule has 0 atom stereocenters. The second kappa shape index (κ2) is 8.58. The molecule has 5 nitrogen and oxygen atoms in total. The van der Waals surface area contributed by atoms with Gasteiger partial charge in [-0.05, 0) is 43.2 Å². The van der Waals surface area contributed by atoms with Gasteiger partial charge in [-0.15, -0.1) is 0 Å². The van der Waals surface area contributed by atoms with Gasteiger partial charge < -0.3 is 9.47 Å². The Kier molecular flexibility index (Phi) is 5.72. The van der Waals surface area contributed by atoms with E-state index in [1.807, 2.05) is 62.4 Å². The SMILES string of the molecule is Cc1ccccc1O/C=N/c1cncc(/N=C/Oc2ccccc2C)c1. The molecule has 3 aromatic rings. The molecule has 0 unspecified atom stereocenters. The first-order valence-corrected chi connectivity index (χ1v) is 8.17. The van der Waals surface area contributed by atoms with E-state index in [0.29, 0.717) is 11.4 Å². The molecule has 26 heavy (non-hydrogen) atoms. The maximum atomic E-state index is 5.55. The van der Waals surface area contributed by atoms with Gasteiger partial charge in [-0.2, -0.15) is 0 Å². The molecule has 0 aliphatic carbocycles. The Hall–Kier alpha value is -3.47. The third-order valence-electron chi connectivity index (χ3n) is 3.66. The Morgan fingerprint density at radius 3 is 1.65 bits per heavy atom. The molecular formula is C21H19N3O2. The van der Waals surface area contributed by atoms with E-state index < -0.39 is 0 Å². The number of ether oxygens (including phenoxy) is 2. The molecule has 2 aromatic carbocycles. The van der Waals surface area contributed by atoms with Crippen molar-refractivity contribution in [3.05, 3.63) is 78.1 Å². The number of para-hydroxylation sites is 2. The Morgan fingerprint density at radius 2 is 1.19 bits per heavy atom. The fraction of sp³-hybridized carbons (Fsp3) is 0.0952. The number of nitrogens with zero attached hydrogens (tertiary/aromatic N) is 3. The van der Waals surface area contributed by atoms with Gasteiger partial charge in [0.15, 0.2) is 12.8 Å². The summed E-state index contributed by atoms with van der Waals surface area (Å²) in [7, 11) is 0. The molecule has 0 amide bonds. The van der Waals surface area contributed by atoms with Crippen molar-refractivity contribution in [1.82, 2.24) is 4.98 Å². The number of hydrogen-bond acceptors (Lipinski definition) is 5. The topological polar surface area (TPSA) is 56.1 Å². The first kappa shape index (κ1) is 17.4. The summed E-state index contributed by atoms with van der Waals surface area (Å²) < 4.78 is 11.1. The van der Waals surface area contributed by atoms with Crippen LogP contribution in [0.4, 0.5) is 11.4 Å². The van der Waals surface area contributed by atoms with E-state index in [4.69, 9.17) is 9.47 Å². The van der Waals surface area contributed by atoms with Gasteiger partial charge in [-0.3, -0.25) is 4.98 Å². The highest BCUT2D eigenvalue weighted by Gasteiger charge is 1.97. The third kappa shape index (κ3) is 4.77. The summed E-state index contributed by atoms with van der Waals surface area (Å²) in [6, 6.07) is 17.3. The van der Waals surface area contributed by atoms with Gasteiger partial charge in [0.2, 0.25) is 0 Å². The maximum absolute atomic E-state index is 5.55. The summed E-state index contributed by atoms with van der Waals surface area (Å²) in [6.45, 7) is 3.96. The van der Waals surface area contributed by atoms with Crippen LogP contribution < -0.4 is 9.47 Å². The third-order valence-corrected chi connectivity index (χ3v) is 3.66. The molecule has 1 heterocycles. The van der Waals surface area contributed by atoms with Crippen molar-refractivity contribution in [2.24, 2.45) is 9.98 Å². The zero-order valence-electron chi connectivity index (χ0n) is 14.7. The summed E-state index contributed by atoms with van der Waals surface area (Å²) in [6.07, 6.45) is 6.07. The lowest BCUT2D eigenvalue weighted by molar-refractivity contribution is 0.569. The van der Waals surface area contributed by atoms with Crippen molar-refractivity contribution < 1.29 is 9.47 Å². The van der Waals surface area contributed by atoms with Gasteiger partial charge >= 0.3 is 0 Å². The first-order chi connectivity index (χ1) is 12.7. The van der Waals surface area contributed by atoms with Crippen molar-refractivity contribution in [3.8, 4) is 11.5 Å². The van der Waals surface area contributed by atoms with E-state index in [0.717, 1.165) is 22.6 Å². The van der Waals surface area contributed by atoms with Crippen LogP contribution in [0.5, 0.6) is 11.5 Å². The number of rotatable bonds is 6. The smallest absolute Gasteiger partial charge is 0.181 e. The predicted molar refractivity (Wildman–Crippen MR) is 104 cm³/mol. The number of pyridine rings is 1. The van der Waals surface area contributed by atoms with Gasteiger partial charge in [0, 0.05) is 0 Å². The second-order valence-electron chi connectivity index (χ2n) is 5.64. The molecule has 5 heteroatoms. The lowest BCUT2D eigenvalue weighted by Crippen LogP contribution is -1.92. The van der Waals surface area contributed by atoms with Crippen molar-refractivity contribution in [2.75, 3.05) is 0 Å². The largest absolute Gasteiger partial charge is 0.445 e. The zero-order valence-corrected chi connectivity index (χ0v) is 14.7. The Bertz CT molecular complexity index is 863. The van der Waals surface area contributed by atoms with Crippen LogP contribution in [0.15, 0.2) is 77.0 Å². The van der Waals surface area contributed by atoms with Crippen LogP contribution >= 0.6 is 0 Å². The van der Waals surface area contributed by atoms with Crippen LogP contribution in [0.3, 0.4) is 0 Å². The van der Waals surface area contributed by atoms with Crippen LogP contribution in [0.25, 0.3) is 0 Å². The quantitative estimate of drug-likeness (QED) is 0.457. The summed E-state index contributed by atoms with van der Waals surface area (Å²) in [5.74, 6) is 1.54. The monoisotopic (exact) mass is 345 g/mol. The van der Waals surface area contributed by atoms with Crippen molar-refractivity contribution in [2.45, 2.75) is 13.8 Å². The lowest BCUT2D eigenvalue weighted by Gasteiger charge is -2.03. The normalized spacial score (nSPS) is 11.2. The number of aliphatic imine (C=N–C) groups is 2. The molecule has 0 spiro atoms. The molecule has 0 aliphatic rings. The molecule has 3 rings (SSSR count). The van der Waals surface area contributed by atoms with Gasteiger partial charge in [-0.1, -0.05) is 36.4 Å². The average Bonchev–Trinajstić information content (AvgIpc) is 2.65. The highest BCUT2D eigenvalue weighted by molar-refractivity contribution is 5.63. The minimum atomic E-state index is 0.643. The van der Waals surface area contributed by atoms with Gasteiger partial charge in [-0.25, -0.2) is 9.98 Å². The van der Waals surface area contributed by atoms with Gasteiger partial charge in [0.1, 0.15) is 11.5 Å². The van der Waals surface area contributed by atoms with E-state index in [-0.39, 0.29) is 0 Å². The van der Waals surface area contributed by atoms with Crippen LogP contribution in [0.2, 0.25) is 0 Å². The van der Waals surface area contributed by atoms with Gasteiger partial charge in [0.25, 0.3) is 0 Å². The maximum Gasteiger partial charge on any atom is 0.181 e. The summed E-state index contributed by atoms with van der Waals surface area (Å²) in [5, 5.41) is 0. The van der Waals surface area contributed by atoms with Crippen LogP contribution in [0, 0.1) is 13.8 Å². The second-order valence-corrected chi connectivity index (χ2v) is 5.64. The van der Waals surface area contributed by atoms with E-state index in [1.54, 1.807) is 18.5 Å². The highest BCUT2D eigenvalue weighted by Crippen LogP contribution is 2.20. The average molecular weight is 345 g/mol. The van der Waals surface area contributed by atoms with Gasteiger partial charge in [0.05, 0.1) is 23.8 Å². The van der Waals surface area contributed by atoms with E-state index >= 15 is 0 Å². The number of aryl methyl sites for hydroxylation is 2. The molecule has 1 aromatic heterocycles. The predicted octanol–water partition coefficient (Wildman–Crippen LogP) is 5.18. The molecule has 0 bridgehead atoms. The molecule has 0 N–H and O–H groups in total. The van der Waals surface area contributed by atoms with Crippen molar-refractivity contribution in [1.29, 1.82) is 0 Å². The number of aromatic nitrogens is 1. The van der Waals surface area contributed by atoms with Crippen molar-refractivity contribution >= 4 is 24.2 Å². The summed E-state index contributed by atoms with van der Waals surface area (Å²) in [4.78, 5) is 12.7. The summed E-state index contributed by atoms with van der Waals surface area (Å²) in [5.41, 5.74) is 3.38.